The summed E-state index contributed by atoms with van der Waals surface area (Å²) in [6.45, 7) is 1.78. The predicted molar refractivity (Wildman–Crippen MR) is 102 cm³/mol. The number of carbonyl (C=O) groups is 1. The predicted octanol–water partition coefficient (Wildman–Crippen LogP) is 4.76. The molecular weight excluding hydrogens is 311 g/mol. The van der Waals surface area contributed by atoms with Gasteiger partial charge < -0.3 is 9.39 Å². The molecule has 1 radical (unpaired) electrons. The van der Waals surface area contributed by atoms with Crippen LogP contribution in [0.2, 0.25) is 6.82 Å². The first-order chi connectivity index (χ1) is 12.2. The Labute approximate surface area is 148 Å². The van der Waals surface area contributed by atoms with Crippen molar-refractivity contribution in [1.82, 2.24) is 0 Å². The average Bonchev–Trinajstić information content (AvgIpc) is 2.67. The van der Waals surface area contributed by atoms with Gasteiger partial charge in [0.15, 0.2) is 5.78 Å². The number of hydrogen-bond donors (Lipinski definition) is 0. The van der Waals surface area contributed by atoms with Gasteiger partial charge in [-0.25, -0.2) is 0 Å². The van der Waals surface area contributed by atoms with Gasteiger partial charge in [0, 0.05) is 17.2 Å². The Hall–Kier alpha value is -3.01. The maximum absolute atomic E-state index is 12.6. The van der Waals surface area contributed by atoms with Crippen LogP contribution in [0.4, 0.5) is 0 Å². The van der Waals surface area contributed by atoms with Crippen LogP contribution in [0.15, 0.2) is 72.8 Å². The number of hydrogen-bond acceptors (Lipinski definition) is 3. The molecule has 0 N–H and O–H groups in total. The third kappa shape index (κ3) is 3.91. The van der Waals surface area contributed by atoms with E-state index >= 15 is 0 Å². The summed E-state index contributed by atoms with van der Waals surface area (Å²) in [4.78, 5) is 12.6. The monoisotopic (exact) mass is 329 g/mol. The van der Waals surface area contributed by atoms with Crippen LogP contribution in [0, 0.1) is 0 Å². The summed E-state index contributed by atoms with van der Waals surface area (Å²) in [6.07, 6.45) is 1.52. The third-order valence-electron chi connectivity index (χ3n) is 3.92. The first kappa shape index (κ1) is 16.8. The van der Waals surface area contributed by atoms with E-state index in [1.165, 1.54) is 6.08 Å². The number of methoxy groups -OCH3 is 1. The molecule has 0 amide bonds. The molecule has 0 aliphatic carbocycles. The van der Waals surface area contributed by atoms with Gasteiger partial charge in [-0.2, -0.15) is 0 Å². The van der Waals surface area contributed by atoms with E-state index in [0.717, 1.165) is 16.3 Å². The van der Waals surface area contributed by atoms with Gasteiger partial charge in [0.25, 0.3) is 0 Å². The number of rotatable bonds is 6. The molecule has 4 heteroatoms. The van der Waals surface area contributed by atoms with E-state index in [1.54, 1.807) is 45.7 Å². The summed E-state index contributed by atoms with van der Waals surface area (Å²) in [5.41, 5.74) is 1.44. The average molecular weight is 329 g/mol. The Morgan fingerprint density at radius 1 is 0.920 bits per heavy atom. The van der Waals surface area contributed by atoms with Crippen LogP contribution in [-0.4, -0.2) is 20.4 Å². The molecule has 3 rings (SSSR count). The molecule has 25 heavy (non-hydrogen) atoms. The Balaban J connectivity index is 1.94. The SMILES string of the molecule is C[B]O/C(=C\C(=O)c1ccc(OC)cc1)c1ccc2ccccc2c1. The first-order valence-corrected chi connectivity index (χ1v) is 8.05. The molecule has 3 aromatic carbocycles. The number of ether oxygens (including phenoxy) is 1. The second-order valence-electron chi connectivity index (χ2n) is 5.52. The molecule has 3 aromatic rings. The van der Waals surface area contributed by atoms with Gasteiger partial charge in [-0.3, -0.25) is 4.79 Å². The fourth-order valence-corrected chi connectivity index (χ4v) is 2.61. The van der Waals surface area contributed by atoms with Gasteiger partial charge in [-0.1, -0.05) is 43.2 Å². The van der Waals surface area contributed by atoms with Crippen LogP contribution >= 0.6 is 0 Å². The zero-order valence-electron chi connectivity index (χ0n) is 14.2. The lowest BCUT2D eigenvalue weighted by molar-refractivity contribution is 0.104. The molecule has 0 aliphatic heterocycles. The Morgan fingerprint density at radius 2 is 1.60 bits per heavy atom. The van der Waals surface area contributed by atoms with Crippen molar-refractivity contribution >= 4 is 29.8 Å². The van der Waals surface area contributed by atoms with E-state index in [9.17, 15) is 4.79 Å². The largest absolute Gasteiger partial charge is 0.563 e. The summed E-state index contributed by atoms with van der Waals surface area (Å²) in [5, 5.41) is 2.25. The molecule has 0 spiro atoms. The second kappa shape index (κ2) is 7.71. The van der Waals surface area contributed by atoms with Crippen molar-refractivity contribution in [2.24, 2.45) is 0 Å². The highest BCUT2D eigenvalue weighted by atomic mass is 16.5. The smallest absolute Gasteiger partial charge is 0.366 e. The normalized spacial score (nSPS) is 11.2. The van der Waals surface area contributed by atoms with Crippen molar-refractivity contribution in [3.05, 3.63) is 83.9 Å². The third-order valence-corrected chi connectivity index (χ3v) is 3.92. The molecule has 0 aliphatic rings. The van der Waals surface area contributed by atoms with Crippen LogP contribution in [0.3, 0.4) is 0 Å². The molecule has 3 nitrogen and oxygen atoms in total. The van der Waals surface area contributed by atoms with E-state index in [0.29, 0.717) is 17.1 Å². The maximum atomic E-state index is 12.6. The van der Waals surface area contributed by atoms with Gasteiger partial charge in [0.05, 0.1) is 7.11 Å². The number of allylic oxidation sites excluding steroid dienone is 1. The van der Waals surface area contributed by atoms with Crippen LogP contribution in [0.5, 0.6) is 5.75 Å². The van der Waals surface area contributed by atoms with Crippen LogP contribution in [0.1, 0.15) is 15.9 Å². The highest BCUT2D eigenvalue weighted by Crippen LogP contribution is 2.23. The molecule has 0 fully saturated rings. The lowest BCUT2D eigenvalue weighted by Gasteiger charge is -2.10. The number of fused-ring (bicyclic) bond motifs is 1. The van der Waals surface area contributed by atoms with Crippen LogP contribution in [-0.2, 0) is 4.65 Å². The fourth-order valence-electron chi connectivity index (χ4n) is 2.61. The molecule has 0 aromatic heterocycles. The second-order valence-corrected chi connectivity index (χ2v) is 5.52. The van der Waals surface area contributed by atoms with Gasteiger partial charge in [0.1, 0.15) is 11.5 Å². The standard InChI is InChI=1S/C21H18BO3/c1-22-25-21(14-20(23)16-9-11-19(24-2)12-10-16)18-8-7-15-5-3-4-6-17(15)13-18/h3-14H,1-2H3/b21-14-. The minimum absolute atomic E-state index is 0.118. The minimum atomic E-state index is -0.118. The zero-order valence-corrected chi connectivity index (χ0v) is 14.2. The van der Waals surface area contributed by atoms with Gasteiger partial charge in [-0.15, -0.1) is 0 Å². The van der Waals surface area contributed by atoms with Crippen LogP contribution < -0.4 is 4.74 Å². The summed E-state index contributed by atoms with van der Waals surface area (Å²) in [7, 11) is 3.17. The quantitative estimate of drug-likeness (QED) is 0.283. The van der Waals surface area contributed by atoms with E-state index in [1.807, 2.05) is 36.4 Å². The fraction of sp³-hybridized carbons (Fsp3) is 0.0952. The lowest BCUT2D eigenvalue weighted by atomic mass is 10.0. The van der Waals surface area contributed by atoms with Crippen molar-refractivity contribution in [3.8, 4) is 5.75 Å². The Morgan fingerprint density at radius 3 is 2.28 bits per heavy atom. The topological polar surface area (TPSA) is 35.5 Å². The highest BCUT2D eigenvalue weighted by molar-refractivity contribution is 6.27. The summed E-state index contributed by atoms with van der Waals surface area (Å²) >= 11 is 0. The van der Waals surface area contributed by atoms with Gasteiger partial charge in [0.2, 0.25) is 0 Å². The lowest BCUT2D eigenvalue weighted by Crippen LogP contribution is -2.01. The summed E-state index contributed by atoms with van der Waals surface area (Å²) in [5.74, 6) is 1.12. The molecular formula is C21H18BO3. The minimum Gasteiger partial charge on any atom is -0.563 e. The number of ketones is 1. The van der Waals surface area contributed by atoms with Crippen molar-refractivity contribution in [1.29, 1.82) is 0 Å². The Bertz CT molecular complexity index is 914. The van der Waals surface area contributed by atoms with Crippen molar-refractivity contribution in [2.45, 2.75) is 6.82 Å². The van der Waals surface area contributed by atoms with Crippen molar-refractivity contribution in [3.63, 3.8) is 0 Å². The van der Waals surface area contributed by atoms with E-state index in [-0.39, 0.29) is 5.78 Å². The first-order valence-electron chi connectivity index (χ1n) is 8.05. The molecule has 0 saturated heterocycles. The van der Waals surface area contributed by atoms with E-state index < -0.39 is 0 Å². The molecule has 123 valence electrons. The van der Waals surface area contributed by atoms with Gasteiger partial charge >= 0.3 is 7.48 Å². The number of benzene rings is 3. The van der Waals surface area contributed by atoms with Gasteiger partial charge in [-0.05, 0) is 41.1 Å². The highest BCUT2D eigenvalue weighted by Gasteiger charge is 2.09. The Kier molecular flexibility index (Phi) is 5.19. The molecule has 0 atom stereocenters. The molecule has 0 heterocycles. The molecule has 0 unspecified atom stereocenters. The zero-order chi connectivity index (χ0) is 17.6. The maximum Gasteiger partial charge on any atom is 0.366 e. The summed E-state index contributed by atoms with van der Waals surface area (Å²) < 4.78 is 10.7. The van der Waals surface area contributed by atoms with E-state index in [2.05, 4.69) is 6.07 Å². The van der Waals surface area contributed by atoms with Crippen molar-refractivity contribution in [2.75, 3.05) is 7.11 Å². The number of carbonyl (C=O) groups excluding carboxylic acids is 1. The molecule has 0 bridgehead atoms. The van der Waals surface area contributed by atoms with Crippen molar-refractivity contribution < 1.29 is 14.2 Å². The summed E-state index contributed by atoms with van der Waals surface area (Å²) in [6, 6.07) is 21.1. The molecule has 0 saturated carbocycles. The van der Waals surface area contributed by atoms with Crippen LogP contribution in [0.25, 0.3) is 16.5 Å². The van der Waals surface area contributed by atoms with E-state index in [4.69, 9.17) is 9.39 Å².